The third-order valence-electron chi connectivity index (χ3n) is 0.767. The number of hydrogen-bond donors (Lipinski definition) is 1. The second-order valence-electron chi connectivity index (χ2n) is 1.30. The molecule has 0 aromatic carbocycles. The van der Waals surface area contributed by atoms with Gasteiger partial charge in [0.15, 0.2) is 0 Å². The van der Waals surface area contributed by atoms with Gasteiger partial charge in [-0.2, -0.15) is 4.41 Å². The molecule has 1 amide bonds. The van der Waals surface area contributed by atoms with E-state index in [0.29, 0.717) is 0 Å². The Balaban J connectivity index is 2.36. The highest BCUT2D eigenvalue weighted by atomic mass is 32.2. The molecule has 5 heteroatoms. The Morgan fingerprint density at radius 3 is 3.11 bits per heavy atom. The van der Waals surface area contributed by atoms with Gasteiger partial charge in [-0.15, -0.1) is 0 Å². The van der Waals surface area contributed by atoms with Crippen LogP contribution in [-0.4, -0.2) is 17.6 Å². The Bertz CT molecular complexity index is 140. The minimum absolute atomic E-state index is 0.398. The summed E-state index contributed by atoms with van der Waals surface area (Å²) in [5.41, 5.74) is 2.65. The molecule has 0 aliphatic carbocycles. The van der Waals surface area contributed by atoms with Crippen molar-refractivity contribution in [2.45, 2.75) is 0 Å². The fourth-order valence-corrected chi connectivity index (χ4v) is 0.924. The summed E-state index contributed by atoms with van der Waals surface area (Å²) in [6, 6.07) is 0. The van der Waals surface area contributed by atoms with Gasteiger partial charge in [-0.05, 0) is 0 Å². The summed E-state index contributed by atoms with van der Waals surface area (Å²) in [6.07, 6.45) is 1.26. The molecule has 0 spiro atoms. The van der Waals surface area contributed by atoms with Crippen LogP contribution in [0.3, 0.4) is 0 Å². The van der Waals surface area contributed by atoms with Gasteiger partial charge in [0.1, 0.15) is 0 Å². The van der Waals surface area contributed by atoms with Crippen molar-refractivity contribution >= 4 is 18.0 Å². The monoisotopic (exact) mass is 146 g/mol. The fourth-order valence-electron chi connectivity index (χ4n) is 0.398. The second-order valence-corrected chi connectivity index (χ2v) is 2.15. The standard InChI is InChI=1S/C4H6N2O2S/c1-8-4(7)6-5-2-3-9-6/h2-3,5H,1H3. The van der Waals surface area contributed by atoms with Crippen molar-refractivity contribution in [1.29, 1.82) is 0 Å². The largest absolute Gasteiger partial charge is 0.451 e. The lowest BCUT2D eigenvalue weighted by Gasteiger charge is -2.10. The van der Waals surface area contributed by atoms with Crippen LogP contribution in [0.15, 0.2) is 11.6 Å². The van der Waals surface area contributed by atoms with Crippen molar-refractivity contribution in [3.8, 4) is 0 Å². The maximum Gasteiger partial charge on any atom is 0.439 e. The number of ether oxygens (including phenoxy) is 1. The van der Waals surface area contributed by atoms with Crippen molar-refractivity contribution in [3.63, 3.8) is 0 Å². The Labute approximate surface area is 57.0 Å². The van der Waals surface area contributed by atoms with Gasteiger partial charge in [0.05, 0.1) is 7.11 Å². The van der Waals surface area contributed by atoms with Crippen molar-refractivity contribution in [1.82, 2.24) is 9.84 Å². The molecule has 1 aliphatic heterocycles. The summed E-state index contributed by atoms with van der Waals surface area (Å²) in [5.74, 6) is 0. The summed E-state index contributed by atoms with van der Waals surface area (Å²) < 4.78 is 5.68. The average Bonchev–Trinajstić information content (AvgIpc) is 2.37. The predicted octanol–water partition coefficient (Wildman–Crippen LogP) is 0.692. The molecule has 0 unspecified atom stereocenters. The highest BCUT2D eigenvalue weighted by molar-refractivity contribution is 8.00. The van der Waals surface area contributed by atoms with Crippen molar-refractivity contribution in [3.05, 3.63) is 11.6 Å². The average molecular weight is 146 g/mol. The van der Waals surface area contributed by atoms with E-state index < -0.39 is 6.09 Å². The molecule has 0 aromatic rings. The van der Waals surface area contributed by atoms with E-state index in [4.69, 9.17) is 0 Å². The van der Waals surface area contributed by atoms with Gasteiger partial charge in [-0.1, -0.05) is 0 Å². The van der Waals surface area contributed by atoms with Crippen LogP contribution in [0.1, 0.15) is 0 Å². The predicted molar refractivity (Wildman–Crippen MR) is 34.1 cm³/mol. The number of carbonyl (C=O) groups excluding carboxylic acids is 1. The Morgan fingerprint density at radius 1 is 1.89 bits per heavy atom. The molecule has 50 valence electrons. The van der Waals surface area contributed by atoms with Crippen molar-refractivity contribution < 1.29 is 9.53 Å². The molecular formula is C4H6N2O2S. The summed E-state index contributed by atoms with van der Waals surface area (Å²) in [4.78, 5) is 10.6. The third kappa shape index (κ3) is 1.29. The molecule has 0 bridgehead atoms. The Kier molecular flexibility index (Phi) is 1.84. The second kappa shape index (κ2) is 2.63. The lowest BCUT2D eigenvalue weighted by atomic mass is 11.0. The van der Waals surface area contributed by atoms with E-state index in [-0.39, 0.29) is 0 Å². The minimum atomic E-state index is -0.398. The van der Waals surface area contributed by atoms with E-state index in [1.807, 2.05) is 0 Å². The van der Waals surface area contributed by atoms with E-state index in [1.165, 1.54) is 23.5 Å². The lowest BCUT2D eigenvalue weighted by molar-refractivity contribution is 0.146. The molecule has 0 aromatic heterocycles. The zero-order valence-corrected chi connectivity index (χ0v) is 5.64. The number of carbonyl (C=O) groups is 1. The first-order valence-corrected chi connectivity index (χ1v) is 3.14. The highest BCUT2D eigenvalue weighted by Crippen LogP contribution is 2.13. The zero-order chi connectivity index (χ0) is 6.69. The quantitative estimate of drug-likeness (QED) is 0.510. The van der Waals surface area contributed by atoms with Crippen LogP contribution in [0.25, 0.3) is 0 Å². The topological polar surface area (TPSA) is 41.6 Å². The number of nitrogens with one attached hydrogen (secondary N) is 1. The maximum absolute atomic E-state index is 10.6. The Hall–Kier alpha value is -0.840. The molecule has 1 N–H and O–H groups in total. The smallest absolute Gasteiger partial charge is 0.439 e. The van der Waals surface area contributed by atoms with Gasteiger partial charge in [-0.25, -0.2) is 4.79 Å². The molecule has 0 atom stereocenters. The summed E-state index contributed by atoms with van der Waals surface area (Å²) in [6.45, 7) is 0. The molecule has 0 saturated carbocycles. The van der Waals surface area contributed by atoms with Crippen LogP contribution in [0, 0.1) is 0 Å². The van der Waals surface area contributed by atoms with E-state index in [9.17, 15) is 4.79 Å². The Morgan fingerprint density at radius 2 is 2.67 bits per heavy atom. The summed E-state index contributed by atoms with van der Waals surface area (Å²) in [7, 11) is 1.34. The SMILES string of the molecule is COC(=O)N1NC=CS1. The van der Waals surface area contributed by atoms with E-state index in [1.54, 1.807) is 11.6 Å². The molecule has 0 radical (unpaired) electrons. The first kappa shape index (κ1) is 6.28. The zero-order valence-electron chi connectivity index (χ0n) is 4.83. The molecule has 1 rings (SSSR count). The first-order chi connectivity index (χ1) is 4.34. The number of hydrazine groups is 1. The van der Waals surface area contributed by atoms with Gasteiger partial charge in [-0.3, -0.25) is 5.43 Å². The van der Waals surface area contributed by atoms with Crippen molar-refractivity contribution in [2.24, 2.45) is 0 Å². The van der Waals surface area contributed by atoms with Crippen LogP contribution >= 0.6 is 11.9 Å². The minimum Gasteiger partial charge on any atom is -0.451 e. The molecule has 0 fully saturated rings. The van der Waals surface area contributed by atoms with Gasteiger partial charge in [0.2, 0.25) is 0 Å². The number of nitrogens with zero attached hydrogens (tertiary/aromatic N) is 1. The van der Waals surface area contributed by atoms with Crippen LogP contribution in [0.5, 0.6) is 0 Å². The number of methoxy groups -OCH3 is 1. The normalized spacial score (nSPS) is 15.4. The van der Waals surface area contributed by atoms with Gasteiger partial charge in [0.25, 0.3) is 0 Å². The molecular weight excluding hydrogens is 140 g/mol. The van der Waals surface area contributed by atoms with Crippen LogP contribution in [0.2, 0.25) is 0 Å². The molecule has 1 heterocycles. The first-order valence-electron chi connectivity index (χ1n) is 2.30. The lowest BCUT2D eigenvalue weighted by Crippen LogP contribution is -2.30. The van der Waals surface area contributed by atoms with E-state index >= 15 is 0 Å². The summed E-state index contributed by atoms with van der Waals surface area (Å²) in [5, 5.41) is 1.75. The molecule has 0 saturated heterocycles. The number of hydrogen-bond acceptors (Lipinski definition) is 4. The molecule has 4 nitrogen and oxygen atoms in total. The molecule has 1 aliphatic rings. The highest BCUT2D eigenvalue weighted by Gasteiger charge is 2.14. The molecule has 9 heavy (non-hydrogen) atoms. The van der Waals surface area contributed by atoms with Crippen LogP contribution in [0.4, 0.5) is 4.79 Å². The third-order valence-corrected chi connectivity index (χ3v) is 1.49. The number of rotatable bonds is 0. The van der Waals surface area contributed by atoms with Gasteiger partial charge in [0, 0.05) is 23.6 Å². The number of amides is 1. The van der Waals surface area contributed by atoms with Gasteiger partial charge >= 0.3 is 6.09 Å². The van der Waals surface area contributed by atoms with Crippen LogP contribution < -0.4 is 5.43 Å². The summed E-state index contributed by atoms with van der Waals surface area (Å²) >= 11 is 1.24. The van der Waals surface area contributed by atoms with Crippen molar-refractivity contribution in [2.75, 3.05) is 7.11 Å². The van der Waals surface area contributed by atoms with E-state index in [2.05, 4.69) is 10.2 Å². The van der Waals surface area contributed by atoms with Gasteiger partial charge < -0.3 is 4.74 Å². The van der Waals surface area contributed by atoms with Crippen LogP contribution in [-0.2, 0) is 4.74 Å². The fraction of sp³-hybridized carbons (Fsp3) is 0.250. The van der Waals surface area contributed by atoms with E-state index in [0.717, 1.165) is 0 Å². The maximum atomic E-state index is 10.6.